The SMILES string of the molecule is Cc1cc(C(=O)N2CCC(C)C2)ncn1. The van der Waals surface area contributed by atoms with Gasteiger partial charge in [-0.1, -0.05) is 6.92 Å². The lowest BCUT2D eigenvalue weighted by molar-refractivity contribution is 0.0782. The predicted octanol–water partition coefficient (Wildman–Crippen LogP) is 1.27. The topological polar surface area (TPSA) is 46.1 Å². The van der Waals surface area contributed by atoms with Crippen molar-refractivity contribution in [2.24, 2.45) is 5.92 Å². The first-order valence-electron chi connectivity index (χ1n) is 5.24. The van der Waals surface area contributed by atoms with E-state index in [9.17, 15) is 4.79 Å². The first kappa shape index (κ1) is 10.1. The van der Waals surface area contributed by atoms with Crippen LogP contribution in [0.4, 0.5) is 0 Å². The van der Waals surface area contributed by atoms with Gasteiger partial charge in [0.15, 0.2) is 0 Å². The molecular formula is C11H15N3O. The number of aromatic nitrogens is 2. The summed E-state index contributed by atoms with van der Waals surface area (Å²) in [5.41, 5.74) is 1.34. The quantitative estimate of drug-likeness (QED) is 0.693. The summed E-state index contributed by atoms with van der Waals surface area (Å²) >= 11 is 0. The third-order valence-electron chi connectivity index (χ3n) is 2.73. The first-order valence-corrected chi connectivity index (χ1v) is 5.24. The number of hydrogen-bond donors (Lipinski definition) is 0. The lowest BCUT2D eigenvalue weighted by Crippen LogP contribution is -2.29. The van der Waals surface area contributed by atoms with Gasteiger partial charge in [0.05, 0.1) is 0 Å². The maximum atomic E-state index is 12.0. The lowest BCUT2D eigenvalue weighted by Gasteiger charge is -2.14. The van der Waals surface area contributed by atoms with Crippen LogP contribution in [-0.4, -0.2) is 33.9 Å². The second-order valence-electron chi connectivity index (χ2n) is 4.19. The van der Waals surface area contributed by atoms with E-state index in [1.165, 1.54) is 6.33 Å². The number of amides is 1. The number of hydrogen-bond acceptors (Lipinski definition) is 3. The number of rotatable bonds is 1. The number of carbonyl (C=O) groups is 1. The smallest absolute Gasteiger partial charge is 0.272 e. The van der Waals surface area contributed by atoms with Gasteiger partial charge in [-0.25, -0.2) is 9.97 Å². The fourth-order valence-corrected chi connectivity index (χ4v) is 1.85. The molecule has 1 unspecified atom stereocenters. The van der Waals surface area contributed by atoms with E-state index in [2.05, 4.69) is 16.9 Å². The minimum Gasteiger partial charge on any atom is -0.337 e. The van der Waals surface area contributed by atoms with Gasteiger partial charge >= 0.3 is 0 Å². The molecule has 80 valence electrons. The normalized spacial score (nSPS) is 20.7. The van der Waals surface area contributed by atoms with Crippen molar-refractivity contribution >= 4 is 5.91 Å². The van der Waals surface area contributed by atoms with Crippen LogP contribution in [0.5, 0.6) is 0 Å². The Kier molecular flexibility index (Phi) is 2.66. The third-order valence-corrected chi connectivity index (χ3v) is 2.73. The predicted molar refractivity (Wildman–Crippen MR) is 56.5 cm³/mol. The second-order valence-corrected chi connectivity index (χ2v) is 4.19. The Bertz CT molecular complexity index is 378. The molecule has 2 heterocycles. The highest BCUT2D eigenvalue weighted by atomic mass is 16.2. The van der Waals surface area contributed by atoms with Crippen LogP contribution in [0.2, 0.25) is 0 Å². The van der Waals surface area contributed by atoms with Crippen LogP contribution in [0.15, 0.2) is 12.4 Å². The van der Waals surface area contributed by atoms with Crippen molar-refractivity contribution in [1.29, 1.82) is 0 Å². The molecule has 15 heavy (non-hydrogen) atoms. The number of likely N-dealkylation sites (tertiary alicyclic amines) is 1. The largest absolute Gasteiger partial charge is 0.337 e. The molecule has 0 bridgehead atoms. The molecule has 0 saturated carbocycles. The highest BCUT2D eigenvalue weighted by Gasteiger charge is 2.24. The van der Waals surface area contributed by atoms with Crippen LogP contribution in [0.3, 0.4) is 0 Å². The molecule has 0 radical (unpaired) electrons. The fourth-order valence-electron chi connectivity index (χ4n) is 1.85. The molecule has 1 aromatic rings. The zero-order chi connectivity index (χ0) is 10.8. The molecule has 2 rings (SSSR count). The van der Waals surface area contributed by atoms with Gasteiger partial charge in [0.25, 0.3) is 5.91 Å². The molecular weight excluding hydrogens is 190 g/mol. The Hall–Kier alpha value is -1.45. The second kappa shape index (κ2) is 3.96. The summed E-state index contributed by atoms with van der Waals surface area (Å²) in [6, 6.07) is 1.74. The van der Waals surface area contributed by atoms with Gasteiger partial charge in [0.2, 0.25) is 0 Å². The molecule has 0 aromatic carbocycles. The van der Waals surface area contributed by atoms with Gasteiger partial charge in [-0.05, 0) is 25.3 Å². The van der Waals surface area contributed by atoms with Gasteiger partial charge in [-0.2, -0.15) is 0 Å². The van der Waals surface area contributed by atoms with E-state index in [0.717, 1.165) is 25.2 Å². The zero-order valence-corrected chi connectivity index (χ0v) is 9.10. The molecule has 1 fully saturated rings. The molecule has 1 aromatic heterocycles. The van der Waals surface area contributed by atoms with E-state index >= 15 is 0 Å². The fraction of sp³-hybridized carbons (Fsp3) is 0.545. The maximum Gasteiger partial charge on any atom is 0.272 e. The Labute approximate surface area is 89.3 Å². The van der Waals surface area contributed by atoms with E-state index in [1.54, 1.807) is 6.07 Å². The van der Waals surface area contributed by atoms with Crippen molar-refractivity contribution in [3.8, 4) is 0 Å². The summed E-state index contributed by atoms with van der Waals surface area (Å²) in [5.74, 6) is 0.640. The molecule has 0 aliphatic carbocycles. The van der Waals surface area contributed by atoms with Crippen LogP contribution >= 0.6 is 0 Å². The minimum atomic E-state index is 0.0323. The molecule has 4 nitrogen and oxygen atoms in total. The van der Waals surface area contributed by atoms with E-state index in [4.69, 9.17) is 0 Å². The number of aryl methyl sites for hydroxylation is 1. The Morgan fingerprint density at radius 1 is 1.53 bits per heavy atom. The van der Waals surface area contributed by atoms with Gasteiger partial charge in [0, 0.05) is 18.8 Å². The van der Waals surface area contributed by atoms with Crippen molar-refractivity contribution in [2.75, 3.05) is 13.1 Å². The Morgan fingerprint density at radius 3 is 2.93 bits per heavy atom. The minimum absolute atomic E-state index is 0.0323. The summed E-state index contributed by atoms with van der Waals surface area (Å²) in [4.78, 5) is 21.8. The van der Waals surface area contributed by atoms with E-state index < -0.39 is 0 Å². The van der Waals surface area contributed by atoms with E-state index in [-0.39, 0.29) is 5.91 Å². The highest BCUT2D eigenvalue weighted by molar-refractivity contribution is 5.92. The molecule has 0 N–H and O–H groups in total. The van der Waals surface area contributed by atoms with Crippen LogP contribution in [0, 0.1) is 12.8 Å². The van der Waals surface area contributed by atoms with Crippen LogP contribution in [0.1, 0.15) is 29.5 Å². The number of carbonyl (C=O) groups excluding carboxylic acids is 1. The van der Waals surface area contributed by atoms with Crippen molar-refractivity contribution in [2.45, 2.75) is 20.3 Å². The molecule has 1 aliphatic heterocycles. The Morgan fingerprint density at radius 2 is 2.33 bits per heavy atom. The maximum absolute atomic E-state index is 12.0. The molecule has 1 saturated heterocycles. The third kappa shape index (κ3) is 2.14. The van der Waals surface area contributed by atoms with Gasteiger partial charge in [0.1, 0.15) is 12.0 Å². The van der Waals surface area contributed by atoms with Crippen LogP contribution in [-0.2, 0) is 0 Å². The highest BCUT2D eigenvalue weighted by Crippen LogP contribution is 2.17. The average Bonchev–Trinajstić information content (AvgIpc) is 2.64. The zero-order valence-electron chi connectivity index (χ0n) is 9.10. The Balaban J connectivity index is 2.14. The van der Waals surface area contributed by atoms with Gasteiger partial charge < -0.3 is 4.90 Å². The van der Waals surface area contributed by atoms with Crippen molar-refractivity contribution in [3.63, 3.8) is 0 Å². The van der Waals surface area contributed by atoms with E-state index in [0.29, 0.717) is 11.6 Å². The van der Waals surface area contributed by atoms with Crippen molar-refractivity contribution in [3.05, 3.63) is 23.8 Å². The van der Waals surface area contributed by atoms with Crippen LogP contribution in [0.25, 0.3) is 0 Å². The van der Waals surface area contributed by atoms with Crippen molar-refractivity contribution in [1.82, 2.24) is 14.9 Å². The average molecular weight is 205 g/mol. The van der Waals surface area contributed by atoms with Gasteiger partial charge in [-0.3, -0.25) is 4.79 Å². The summed E-state index contributed by atoms with van der Waals surface area (Å²) < 4.78 is 0. The summed E-state index contributed by atoms with van der Waals surface area (Å²) in [7, 11) is 0. The van der Waals surface area contributed by atoms with Crippen LogP contribution < -0.4 is 0 Å². The van der Waals surface area contributed by atoms with Crippen molar-refractivity contribution < 1.29 is 4.79 Å². The van der Waals surface area contributed by atoms with E-state index in [1.807, 2.05) is 11.8 Å². The summed E-state index contributed by atoms with van der Waals surface area (Å²) in [6.45, 7) is 5.73. The van der Waals surface area contributed by atoms with Gasteiger partial charge in [-0.15, -0.1) is 0 Å². The first-order chi connectivity index (χ1) is 7.16. The molecule has 1 amide bonds. The lowest BCUT2D eigenvalue weighted by atomic mass is 10.2. The standard InChI is InChI=1S/C11H15N3O/c1-8-3-4-14(6-8)11(15)10-5-9(2)12-7-13-10/h5,7-8H,3-4,6H2,1-2H3. The summed E-state index contributed by atoms with van der Waals surface area (Å²) in [5, 5.41) is 0. The molecule has 4 heteroatoms. The molecule has 1 atom stereocenters. The molecule has 1 aliphatic rings. The number of nitrogens with zero attached hydrogens (tertiary/aromatic N) is 3. The summed E-state index contributed by atoms with van der Waals surface area (Å²) in [6.07, 6.45) is 2.54. The monoisotopic (exact) mass is 205 g/mol. The molecule has 0 spiro atoms.